The molecule has 0 saturated heterocycles. The van der Waals surface area contributed by atoms with E-state index in [0.29, 0.717) is 0 Å². The average Bonchev–Trinajstić information content (AvgIpc) is 2.16. The summed E-state index contributed by atoms with van der Waals surface area (Å²) in [4.78, 5) is 0. The van der Waals surface area contributed by atoms with Crippen LogP contribution in [0.15, 0.2) is 0 Å². The summed E-state index contributed by atoms with van der Waals surface area (Å²) in [5.41, 5.74) is 1.02. The summed E-state index contributed by atoms with van der Waals surface area (Å²) >= 11 is 0. The summed E-state index contributed by atoms with van der Waals surface area (Å²) < 4.78 is 0. The van der Waals surface area contributed by atoms with Gasteiger partial charge in [0.05, 0.1) is 0 Å². The Bertz CT molecular complexity index is 139. The molecular weight excluding hydrogens is 163 g/mol. The van der Waals surface area contributed by atoms with Crippen LogP contribution in [0.5, 0.6) is 0 Å². The van der Waals surface area contributed by atoms with Crippen LogP contribution in [0.3, 0.4) is 0 Å². The normalized spacial score (nSPS) is 48.8. The molecule has 0 bridgehead atoms. The molecule has 0 amide bonds. The van der Waals surface area contributed by atoms with Crippen LogP contribution in [-0.4, -0.2) is 19.0 Å². The first-order valence-corrected chi connectivity index (χ1v) is 7.43. The summed E-state index contributed by atoms with van der Waals surface area (Å²) in [6, 6.07) is 0. The molecular formula is C11H23P. The summed E-state index contributed by atoms with van der Waals surface area (Å²) in [6.07, 6.45) is 0. The molecule has 1 heteroatoms. The number of rotatable bonds is 1. The topological polar surface area (TPSA) is 0 Å². The van der Waals surface area contributed by atoms with Crippen molar-refractivity contribution in [1.29, 1.82) is 0 Å². The van der Waals surface area contributed by atoms with Crippen molar-refractivity contribution in [3.05, 3.63) is 0 Å². The third-order valence-electron chi connectivity index (χ3n) is 4.16. The van der Waals surface area contributed by atoms with Gasteiger partial charge in [0.25, 0.3) is 0 Å². The first kappa shape index (κ1) is 10.5. The van der Waals surface area contributed by atoms with Crippen LogP contribution in [0.2, 0.25) is 0 Å². The van der Waals surface area contributed by atoms with Crippen molar-refractivity contribution in [2.24, 2.45) is 23.7 Å². The van der Waals surface area contributed by atoms with Crippen molar-refractivity contribution >= 4 is 7.92 Å². The molecule has 0 aromatic rings. The highest BCUT2D eigenvalue weighted by Crippen LogP contribution is 2.53. The lowest BCUT2D eigenvalue weighted by Crippen LogP contribution is -2.16. The highest BCUT2D eigenvalue weighted by Gasteiger charge is 2.42. The molecule has 1 rings (SSSR count). The minimum absolute atomic E-state index is 0.266. The second-order valence-corrected chi connectivity index (χ2v) is 7.41. The van der Waals surface area contributed by atoms with Crippen LogP contribution < -0.4 is 0 Å². The first-order chi connectivity index (χ1) is 5.46. The van der Waals surface area contributed by atoms with Gasteiger partial charge in [-0.15, -0.1) is 7.92 Å². The first-order valence-electron chi connectivity index (χ1n) is 5.13. The van der Waals surface area contributed by atoms with E-state index < -0.39 is 0 Å². The van der Waals surface area contributed by atoms with Gasteiger partial charge >= 0.3 is 0 Å². The Morgan fingerprint density at radius 1 is 0.667 bits per heavy atom. The van der Waals surface area contributed by atoms with Gasteiger partial charge in [0.1, 0.15) is 0 Å². The Labute approximate surface area is 78.9 Å². The molecule has 12 heavy (non-hydrogen) atoms. The van der Waals surface area contributed by atoms with E-state index in [1.54, 1.807) is 0 Å². The van der Waals surface area contributed by atoms with Gasteiger partial charge in [0.2, 0.25) is 0 Å². The maximum absolute atomic E-state index is 2.46. The largest absolute Gasteiger partial charge is 0.109 e. The van der Waals surface area contributed by atoms with Gasteiger partial charge in [-0.1, -0.05) is 27.7 Å². The zero-order valence-electron chi connectivity index (χ0n) is 9.33. The standard InChI is InChI=1S/C11H23P/c1-7-8(2)10(4)11(9(7)3)12(5)6/h7-11H,1-6H3. The molecule has 4 atom stereocenters. The van der Waals surface area contributed by atoms with E-state index in [0.717, 1.165) is 29.3 Å². The smallest absolute Gasteiger partial charge is 0.0157 e. The van der Waals surface area contributed by atoms with Crippen LogP contribution >= 0.6 is 7.92 Å². The minimum Gasteiger partial charge on any atom is -0.109 e. The Kier molecular flexibility index (Phi) is 3.21. The minimum atomic E-state index is 0.266. The molecule has 0 aromatic carbocycles. The second-order valence-electron chi connectivity index (χ2n) is 4.89. The zero-order chi connectivity index (χ0) is 9.46. The van der Waals surface area contributed by atoms with Gasteiger partial charge < -0.3 is 0 Å². The van der Waals surface area contributed by atoms with Crippen LogP contribution in [0, 0.1) is 23.7 Å². The number of hydrogen-bond donors (Lipinski definition) is 0. The van der Waals surface area contributed by atoms with E-state index >= 15 is 0 Å². The lowest BCUT2D eigenvalue weighted by atomic mass is 9.92. The molecule has 72 valence electrons. The molecule has 0 aromatic heterocycles. The maximum atomic E-state index is 2.46. The van der Waals surface area contributed by atoms with E-state index in [1.165, 1.54) is 0 Å². The lowest BCUT2D eigenvalue weighted by Gasteiger charge is -2.25. The molecule has 1 saturated carbocycles. The fourth-order valence-corrected chi connectivity index (χ4v) is 5.42. The van der Waals surface area contributed by atoms with E-state index in [4.69, 9.17) is 0 Å². The van der Waals surface area contributed by atoms with Crippen molar-refractivity contribution < 1.29 is 0 Å². The van der Waals surface area contributed by atoms with Crippen LogP contribution in [0.1, 0.15) is 27.7 Å². The quantitative estimate of drug-likeness (QED) is 0.548. The summed E-state index contributed by atoms with van der Waals surface area (Å²) in [7, 11) is 0.266. The van der Waals surface area contributed by atoms with Gasteiger partial charge in [-0.2, -0.15) is 0 Å². The molecule has 1 fully saturated rings. The molecule has 0 heterocycles. The molecule has 0 spiro atoms. The SMILES string of the molecule is CC1C(C)C(C)C(P(C)C)C1C. The van der Waals surface area contributed by atoms with Crippen molar-refractivity contribution in [2.45, 2.75) is 33.4 Å². The van der Waals surface area contributed by atoms with E-state index in [2.05, 4.69) is 41.0 Å². The lowest BCUT2D eigenvalue weighted by molar-refractivity contribution is 0.352. The van der Waals surface area contributed by atoms with Crippen molar-refractivity contribution in [1.82, 2.24) is 0 Å². The Hall–Kier alpha value is 0.430. The third kappa shape index (κ3) is 1.55. The van der Waals surface area contributed by atoms with Gasteiger partial charge in [-0.05, 0) is 42.7 Å². The van der Waals surface area contributed by atoms with Crippen molar-refractivity contribution in [3.63, 3.8) is 0 Å². The van der Waals surface area contributed by atoms with Crippen molar-refractivity contribution in [2.75, 3.05) is 13.3 Å². The average molecular weight is 186 g/mol. The summed E-state index contributed by atoms with van der Waals surface area (Å²) in [5.74, 6) is 3.79. The van der Waals surface area contributed by atoms with E-state index in [9.17, 15) is 0 Å². The Morgan fingerprint density at radius 2 is 1.00 bits per heavy atom. The van der Waals surface area contributed by atoms with Crippen LogP contribution in [-0.2, 0) is 0 Å². The summed E-state index contributed by atoms with van der Waals surface area (Å²) in [6.45, 7) is 14.7. The molecule has 0 N–H and O–H groups in total. The monoisotopic (exact) mass is 186 g/mol. The molecule has 0 aliphatic heterocycles. The predicted octanol–water partition coefficient (Wildman–Crippen LogP) is 3.65. The second kappa shape index (κ2) is 3.66. The third-order valence-corrected chi connectivity index (χ3v) is 6.29. The molecule has 0 radical (unpaired) electrons. The van der Waals surface area contributed by atoms with Gasteiger partial charge in [-0.25, -0.2) is 0 Å². The highest BCUT2D eigenvalue weighted by molar-refractivity contribution is 7.56. The van der Waals surface area contributed by atoms with Gasteiger partial charge in [0, 0.05) is 0 Å². The van der Waals surface area contributed by atoms with Crippen molar-refractivity contribution in [3.8, 4) is 0 Å². The molecule has 0 nitrogen and oxygen atoms in total. The van der Waals surface area contributed by atoms with Gasteiger partial charge in [0.15, 0.2) is 0 Å². The van der Waals surface area contributed by atoms with E-state index in [-0.39, 0.29) is 7.92 Å². The highest BCUT2D eigenvalue weighted by atomic mass is 31.1. The Morgan fingerprint density at radius 3 is 1.17 bits per heavy atom. The number of hydrogen-bond acceptors (Lipinski definition) is 0. The van der Waals surface area contributed by atoms with Gasteiger partial charge in [-0.3, -0.25) is 0 Å². The Balaban J connectivity index is 2.76. The predicted molar refractivity (Wildman–Crippen MR) is 59.2 cm³/mol. The van der Waals surface area contributed by atoms with Crippen LogP contribution in [0.4, 0.5) is 0 Å². The fourth-order valence-electron chi connectivity index (χ4n) is 3.00. The molecule has 4 unspecified atom stereocenters. The fraction of sp³-hybridized carbons (Fsp3) is 1.00. The van der Waals surface area contributed by atoms with Crippen LogP contribution in [0.25, 0.3) is 0 Å². The van der Waals surface area contributed by atoms with E-state index in [1.807, 2.05) is 0 Å². The molecule has 1 aliphatic rings. The molecule has 1 aliphatic carbocycles. The maximum Gasteiger partial charge on any atom is -0.0157 e. The zero-order valence-corrected chi connectivity index (χ0v) is 10.2. The summed E-state index contributed by atoms with van der Waals surface area (Å²) in [5, 5.41) is 0.